The smallest absolute Gasteiger partial charge is 0.295 e. The topological polar surface area (TPSA) is 75.7 Å². The Labute approximate surface area is 224 Å². The Morgan fingerprint density at radius 2 is 1.78 bits per heavy atom. The Kier molecular flexibility index (Phi) is 8.19. The maximum absolute atomic E-state index is 13.2. The molecule has 2 amide bonds. The molecule has 9 heteroatoms. The van der Waals surface area contributed by atoms with Gasteiger partial charge in [0.1, 0.15) is 11.7 Å². The molecule has 36 heavy (non-hydrogen) atoms. The zero-order chi connectivity index (χ0) is 25.8. The largest absolute Gasteiger partial charge is 0.496 e. The van der Waals surface area contributed by atoms with Crippen molar-refractivity contribution in [2.75, 3.05) is 18.6 Å². The number of rotatable bonds is 8. The van der Waals surface area contributed by atoms with Crippen LogP contribution in [0.15, 0.2) is 60.7 Å². The molecule has 6 nitrogen and oxygen atoms in total. The fraction of sp³-hybridized carbons (Fsp3) is 0.222. The third-order valence-corrected chi connectivity index (χ3v) is 6.99. The normalized spacial score (nSPS) is 15.0. The fourth-order valence-electron chi connectivity index (χ4n) is 4.24. The number of aryl methyl sites for hydroxylation is 1. The van der Waals surface area contributed by atoms with Gasteiger partial charge >= 0.3 is 0 Å². The van der Waals surface area contributed by atoms with Crippen molar-refractivity contribution in [3.63, 3.8) is 0 Å². The second kappa shape index (κ2) is 11.3. The van der Waals surface area contributed by atoms with Gasteiger partial charge in [0.15, 0.2) is 0 Å². The molecule has 1 aliphatic heterocycles. The Hall–Kier alpha value is -3.06. The molecule has 3 aromatic carbocycles. The van der Waals surface area contributed by atoms with Crippen LogP contribution in [-0.4, -0.2) is 31.3 Å². The van der Waals surface area contributed by atoms with Crippen molar-refractivity contribution in [2.24, 2.45) is 0 Å². The summed E-state index contributed by atoms with van der Waals surface area (Å²) in [7, 11) is 1.52. The Bertz CT molecular complexity index is 1330. The number of hydrogen-bond donors (Lipinski definition) is 1. The SMILES string of the molecule is COc1ccc(Cl)cc1CN1C(=O)C(=O)C(C(=O)NCCCc2ccc(Cl)c(Cl)c2)c2ccccc21. The first-order chi connectivity index (χ1) is 17.3. The van der Waals surface area contributed by atoms with Crippen LogP contribution < -0.4 is 15.0 Å². The Morgan fingerprint density at radius 1 is 1.00 bits per heavy atom. The Morgan fingerprint density at radius 3 is 2.53 bits per heavy atom. The van der Waals surface area contributed by atoms with Gasteiger partial charge in [0, 0.05) is 22.8 Å². The fourth-order valence-corrected chi connectivity index (χ4v) is 4.76. The number of carbonyl (C=O) groups is 3. The van der Waals surface area contributed by atoms with E-state index in [1.54, 1.807) is 54.6 Å². The van der Waals surface area contributed by atoms with Gasteiger partial charge in [-0.2, -0.15) is 0 Å². The molecule has 0 aliphatic carbocycles. The van der Waals surface area contributed by atoms with Crippen molar-refractivity contribution in [3.8, 4) is 5.75 Å². The second-order valence-electron chi connectivity index (χ2n) is 8.35. The molecule has 1 heterocycles. The molecule has 0 saturated carbocycles. The van der Waals surface area contributed by atoms with Crippen LogP contribution in [0, 0.1) is 0 Å². The number of ether oxygens (including phenoxy) is 1. The summed E-state index contributed by atoms with van der Waals surface area (Å²) in [4.78, 5) is 40.7. The molecule has 0 saturated heterocycles. The summed E-state index contributed by atoms with van der Waals surface area (Å²) in [5.74, 6) is -2.71. The van der Waals surface area contributed by atoms with Crippen LogP contribution in [0.5, 0.6) is 5.75 Å². The average Bonchev–Trinajstić information content (AvgIpc) is 2.87. The van der Waals surface area contributed by atoms with Gasteiger partial charge in [0.2, 0.25) is 11.7 Å². The van der Waals surface area contributed by atoms with E-state index in [1.165, 1.54) is 12.0 Å². The van der Waals surface area contributed by atoms with E-state index in [0.29, 0.717) is 57.0 Å². The minimum absolute atomic E-state index is 0.0727. The quantitative estimate of drug-likeness (QED) is 0.227. The number of carbonyl (C=O) groups excluding carboxylic acids is 3. The Balaban J connectivity index is 1.49. The molecule has 0 bridgehead atoms. The van der Waals surface area contributed by atoms with E-state index in [-0.39, 0.29) is 6.54 Å². The van der Waals surface area contributed by atoms with Gasteiger partial charge in [-0.05, 0) is 60.4 Å². The van der Waals surface area contributed by atoms with Crippen LogP contribution >= 0.6 is 34.8 Å². The molecule has 0 fully saturated rings. The number of benzene rings is 3. The van der Waals surface area contributed by atoms with Crippen molar-refractivity contribution in [1.82, 2.24) is 5.32 Å². The van der Waals surface area contributed by atoms with Gasteiger partial charge in [-0.1, -0.05) is 59.1 Å². The van der Waals surface area contributed by atoms with Gasteiger partial charge in [-0.3, -0.25) is 14.4 Å². The summed E-state index contributed by atoms with van der Waals surface area (Å²) in [6.45, 7) is 0.409. The van der Waals surface area contributed by atoms with Crippen LogP contribution in [0.25, 0.3) is 0 Å². The average molecular weight is 546 g/mol. The van der Waals surface area contributed by atoms with E-state index >= 15 is 0 Å². The minimum atomic E-state index is -1.21. The van der Waals surface area contributed by atoms with Crippen molar-refractivity contribution in [2.45, 2.75) is 25.3 Å². The number of para-hydroxylation sites is 1. The van der Waals surface area contributed by atoms with E-state index in [1.807, 2.05) is 6.07 Å². The summed E-state index contributed by atoms with van der Waals surface area (Å²) in [5, 5.41) is 4.24. The molecule has 0 spiro atoms. The third kappa shape index (κ3) is 5.51. The second-order valence-corrected chi connectivity index (χ2v) is 9.60. The predicted octanol–water partition coefficient (Wildman–Crippen LogP) is 5.60. The number of nitrogens with zero attached hydrogens (tertiary/aromatic N) is 1. The molecule has 186 valence electrons. The highest BCUT2D eigenvalue weighted by Crippen LogP contribution is 2.36. The lowest BCUT2D eigenvalue weighted by molar-refractivity contribution is -0.141. The number of anilines is 1. The minimum Gasteiger partial charge on any atom is -0.496 e. The summed E-state index contributed by atoms with van der Waals surface area (Å²) in [6.07, 6.45) is 1.29. The number of halogens is 3. The predicted molar refractivity (Wildman–Crippen MR) is 141 cm³/mol. The first kappa shape index (κ1) is 26.0. The third-order valence-electron chi connectivity index (χ3n) is 6.02. The molecule has 4 rings (SSSR count). The molecule has 3 aromatic rings. The number of amides is 2. The number of methoxy groups -OCH3 is 1. The van der Waals surface area contributed by atoms with E-state index in [9.17, 15) is 14.4 Å². The van der Waals surface area contributed by atoms with Crippen LogP contribution in [0.4, 0.5) is 5.69 Å². The maximum Gasteiger partial charge on any atom is 0.295 e. The summed E-state index contributed by atoms with van der Waals surface area (Å²) >= 11 is 18.1. The number of nitrogens with one attached hydrogen (secondary N) is 1. The molecular weight excluding hydrogens is 523 g/mol. The summed E-state index contributed by atoms with van der Waals surface area (Å²) in [6, 6.07) is 17.4. The van der Waals surface area contributed by atoms with E-state index in [0.717, 1.165) is 5.56 Å². The van der Waals surface area contributed by atoms with Crippen molar-refractivity contribution < 1.29 is 19.1 Å². The van der Waals surface area contributed by atoms with Crippen molar-refractivity contribution in [3.05, 3.63) is 92.4 Å². The van der Waals surface area contributed by atoms with Crippen LogP contribution in [0.3, 0.4) is 0 Å². The van der Waals surface area contributed by atoms with Gasteiger partial charge in [-0.15, -0.1) is 0 Å². The van der Waals surface area contributed by atoms with Crippen molar-refractivity contribution >= 4 is 58.1 Å². The zero-order valence-corrected chi connectivity index (χ0v) is 21.7. The van der Waals surface area contributed by atoms with E-state index in [2.05, 4.69) is 5.32 Å². The van der Waals surface area contributed by atoms with Gasteiger partial charge in [-0.25, -0.2) is 0 Å². The maximum atomic E-state index is 13.2. The summed E-state index contributed by atoms with van der Waals surface area (Å²) < 4.78 is 5.39. The number of ketones is 1. The first-order valence-electron chi connectivity index (χ1n) is 11.3. The number of Topliss-reactive ketones (excluding diaryl/α,β-unsaturated/α-hetero) is 1. The van der Waals surface area contributed by atoms with Crippen molar-refractivity contribution in [1.29, 1.82) is 0 Å². The molecular formula is C27H23Cl3N2O4. The highest BCUT2D eigenvalue weighted by atomic mass is 35.5. The number of fused-ring (bicyclic) bond motifs is 1. The molecule has 1 aliphatic rings. The molecule has 0 radical (unpaired) electrons. The molecule has 1 atom stereocenters. The highest BCUT2D eigenvalue weighted by molar-refractivity contribution is 6.48. The standard InChI is InChI=1S/C27H23Cl3N2O4/c1-36-23-11-9-18(28)14-17(23)15-32-22-7-3-2-6-19(22)24(25(33)27(32)35)26(34)31-12-4-5-16-8-10-20(29)21(30)13-16/h2-3,6-11,13-14,24H,4-5,12,15H2,1H3,(H,31,34). The first-order valence-corrected chi connectivity index (χ1v) is 12.4. The zero-order valence-electron chi connectivity index (χ0n) is 19.4. The lowest BCUT2D eigenvalue weighted by Gasteiger charge is -2.32. The van der Waals surface area contributed by atoms with Gasteiger partial charge < -0.3 is 15.0 Å². The highest BCUT2D eigenvalue weighted by Gasteiger charge is 2.43. The molecule has 0 aromatic heterocycles. The molecule has 1 unspecified atom stereocenters. The molecule has 1 N–H and O–H groups in total. The van der Waals surface area contributed by atoms with Gasteiger partial charge in [0.25, 0.3) is 5.91 Å². The van der Waals surface area contributed by atoms with Gasteiger partial charge in [0.05, 0.1) is 23.7 Å². The van der Waals surface area contributed by atoms with Crippen LogP contribution in [0.2, 0.25) is 15.1 Å². The summed E-state index contributed by atoms with van der Waals surface area (Å²) in [5.41, 5.74) is 2.61. The van der Waals surface area contributed by atoms with Crippen LogP contribution in [0.1, 0.15) is 29.0 Å². The van der Waals surface area contributed by atoms with E-state index in [4.69, 9.17) is 39.5 Å². The lowest BCUT2D eigenvalue weighted by atomic mass is 9.87. The monoisotopic (exact) mass is 544 g/mol. The number of hydrogen-bond acceptors (Lipinski definition) is 4. The van der Waals surface area contributed by atoms with E-state index < -0.39 is 23.5 Å². The van der Waals surface area contributed by atoms with Crippen LogP contribution in [-0.2, 0) is 27.3 Å². The lowest BCUT2D eigenvalue weighted by Crippen LogP contribution is -2.48.